The summed E-state index contributed by atoms with van der Waals surface area (Å²) < 4.78 is 7.16. The van der Waals surface area contributed by atoms with Crippen molar-refractivity contribution in [3.8, 4) is 0 Å². The van der Waals surface area contributed by atoms with Crippen LogP contribution >= 0.6 is 0 Å². The van der Waals surface area contributed by atoms with E-state index in [1.54, 1.807) is 13.8 Å². The number of imidazole rings is 1. The summed E-state index contributed by atoms with van der Waals surface area (Å²) in [4.78, 5) is 19.1. The molecule has 21 heavy (non-hydrogen) atoms. The molecule has 0 bridgehead atoms. The molecular formula is C15H20N4O2. The molecule has 1 atom stereocenters. The molecule has 0 N–H and O–H groups in total. The van der Waals surface area contributed by atoms with E-state index in [0.717, 1.165) is 24.5 Å². The summed E-state index contributed by atoms with van der Waals surface area (Å²) in [5.74, 6) is 1.96. The van der Waals surface area contributed by atoms with Gasteiger partial charge in [-0.1, -0.05) is 5.16 Å². The fraction of sp³-hybridized carbons (Fsp3) is 0.533. The molecule has 2 aromatic rings. The number of carbonyl (C=O) groups excluding carboxylic acids is 1. The highest BCUT2D eigenvalue weighted by molar-refractivity contribution is 5.96. The predicted molar refractivity (Wildman–Crippen MR) is 77.2 cm³/mol. The zero-order valence-electron chi connectivity index (χ0n) is 12.9. The van der Waals surface area contributed by atoms with Gasteiger partial charge in [-0.05, 0) is 27.2 Å². The second kappa shape index (κ2) is 5.02. The highest BCUT2D eigenvalue weighted by Crippen LogP contribution is 2.28. The molecule has 3 rings (SSSR count). The number of carbonyl (C=O) groups is 1. The maximum absolute atomic E-state index is 12.6. The first-order valence-corrected chi connectivity index (χ1v) is 7.19. The van der Waals surface area contributed by atoms with E-state index in [-0.39, 0.29) is 5.91 Å². The minimum atomic E-state index is 0.0136. The molecule has 1 fully saturated rings. The predicted octanol–water partition coefficient (Wildman–Crippen LogP) is 1.96. The summed E-state index contributed by atoms with van der Waals surface area (Å²) in [6.07, 6.45) is 2.97. The number of amides is 1. The van der Waals surface area contributed by atoms with Gasteiger partial charge in [0, 0.05) is 32.3 Å². The fourth-order valence-corrected chi connectivity index (χ4v) is 3.12. The van der Waals surface area contributed by atoms with Crippen molar-refractivity contribution in [3.05, 3.63) is 34.7 Å². The van der Waals surface area contributed by atoms with Gasteiger partial charge in [0.1, 0.15) is 17.1 Å². The van der Waals surface area contributed by atoms with Crippen molar-refractivity contribution in [2.24, 2.45) is 7.05 Å². The van der Waals surface area contributed by atoms with Crippen LogP contribution in [0.25, 0.3) is 0 Å². The highest BCUT2D eigenvalue weighted by Gasteiger charge is 2.32. The molecule has 1 aliphatic rings. The molecule has 0 spiro atoms. The second-order valence-electron chi connectivity index (χ2n) is 5.79. The molecule has 6 heteroatoms. The Labute approximate surface area is 123 Å². The van der Waals surface area contributed by atoms with Crippen LogP contribution < -0.4 is 0 Å². The molecule has 1 amide bonds. The third-order valence-corrected chi connectivity index (χ3v) is 4.12. The van der Waals surface area contributed by atoms with E-state index in [1.807, 2.05) is 25.1 Å². The number of nitrogens with zero attached hydrogens (tertiary/aromatic N) is 4. The zero-order chi connectivity index (χ0) is 15.1. The summed E-state index contributed by atoms with van der Waals surface area (Å²) in [5.41, 5.74) is 2.28. The normalized spacial score (nSPS) is 18.5. The van der Waals surface area contributed by atoms with Crippen LogP contribution in [-0.2, 0) is 7.05 Å². The Morgan fingerprint density at radius 2 is 2.14 bits per heavy atom. The minimum absolute atomic E-state index is 0.0136. The van der Waals surface area contributed by atoms with Gasteiger partial charge < -0.3 is 14.0 Å². The largest absolute Gasteiger partial charge is 0.361 e. The topological polar surface area (TPSA) is 64.2 Å². The van der Waals surface area contributed by atoms with E-state index < -0.39 is 0 Å². The van der Waals surface area contributed by atoms with Crippen molar-refractivity contribution >= 4 is 5.91 Å². The lowest BCUT2D eigenvalue weighted by atomic mass is 10.1. The van der Waals surface area contributed by atoms with Crippen LogP contribution in [0.5, 0.6) is 0 Å². The van der Waals surface area contributed by atoms with Crippen LogP contribution in [-0.4, -0.2) is 38.6 Å². The van der Waals surface area contributed by atoms with E-state index in [0.29, 0.717) is 29.5 Å². The smallest absolute Gasteiger partial charge is 0.259 e. The van der Waals surface area contributed by atoms with Crippen LogP contribution in [0, 0.1) is 20.8 Å². The zero-order valence-corrected chi connectivity index (χ0v) is 12.9. The first-order valence-electron chi connectivity index (χ1n) is 7.19. The van der Waals surface area contributed by atoms with E-state index >= 15 is 0 Å². The van der Waals surface area contributed by atoms with Gasteiger partial charge in [0.15, 0.2) is 0 Å². The number of likely N-dealkylation sites (tertiary alicyclic amines) is 1. The number of aromatic nitrogens is 3. The maximum atomic E-state index is 12.6. The Hall–Kier alpha value is -2.11. The third-order valence-electron chi connectivity index (χ3n) is 4.12. The number of hydrogen-bond acceptors (Lipinski definition) is 4. The quantitative estimate of drug-likeness (QED) is 0.847. The van der Waals surface area contributed by atoms with Gasteiger partial charge in [0.05, 0.1) is 11.4 Å². The van der Waals surface area contributed by atoms with Gasteiger partial charge in [-0.25, -0.2) is 4.98 Å². The Morgan fingerprint density at radius 1 is 1.38 bits per heavy atom. The Balaban J connectivity index is 1.78. The van der Waals surface area contributed by atoms with Gasteiger partial charge in [-0.3, -0.25) is 4.79 Å². The maximum Gasteiger partial charge on any atom is 0.259 e. The molecule has 3 heterocycles. The minimum Gasteiger partial charge on any atom is -0.361 e. The second-order valence-corrected chi connectivity index (χ2v) is 5.79. The summed E-state index contributed by atoms with van der Waals surface area (Å²) >= 11 is 0. The Kier molecular flexibility index (Phi) is 3.31. The first-order chi connectivity index (χ1) is 9.97. The van der Waals surface area contributed by atoms with Crippen molar-refractivity contribution in [2.45, 2.75) is 33.1 Å². The van der Waals surface area contributed by atoms with Crippen LogP contribution in [0.15, 0.2) is 10.7 Å². The SMILES string of the molecule is Cc1cn(C)c([C@@H]2CCN(C(=O)c3c(C)noc3C)C2)n1. The van der Waals surface area contributed by atoms with Crippen molar-refractivity contribution in [2.75, 3.05) is 13.1 Å². The molecule has 1 saturated heterocycles. The number of rotatable bonds is 2. The lowest BCUT2D eigenvalue weighted by Gasteiger charge is -2.16. The van der Waals surface area contributed by atoms with Crippen LogP contribution in [0.3, 0.4) is 0 Å². The highest BCUT2D eigenvalue weighted by atomic mass is 16.5. The van der Waals surface area contributed by atoms with Crippen molar-refractivity contribution in [1.29, 1.82) is 0 Å². The van der Waals surface area contributed by atoms with Gasteiger partial charge in [0.2, 0.25) is 0 Å². The molecule has 112 valence electrons. The van der Waals surface area contributed by atoms with Crippen molar-refractivity contribution in [3.63, 3.8) is 0 Å². The molecule has 2 aromatic heterocycles. The molecule has 6 nitrogen and oxygen atoms in total. The summed E-state index contributed by atoms with van der Waals surface area (Å²) in [6, 6.07) is 0. The number of aryl methyl sites for hydroxylation is 4. The van der Waals surface area contributed by atoms with Crippen LogP contribution in [0.4, 0.5) is 0 Å². The van der Waals surface area contributed by atoms with E-state index in [4.69, 9.17) is 4.52 Å². The number of hydrogen-bond donors (Lipinski definition) is 0. The first kappa shape index (κ1) is 13.9. The standard InChI is InChI=1S/C15H20N4O2/c1-9-7-18(4)14(16-9)12-5-6-19(8-12)15(20)13-10(2)17-21-11(13)3/h7,12H,5-6,8H2,1-4H3/t12-/m1/s1. The molecule has 0 aliphatic carbocycles. The lowest BCUT2D eigenvalue weighted by Crippen LogP contribution is -2.29. The molecule has 0 unspecified atom stereocenters. The van der Waals surface area contributed by atoms with Gasteiger partial charge in [-0.15, -0.1) is 0 Å². The van der Waals surface area contributed by atoms with Gasteiger partial charge in [0.25, 0.3) is 5.91 Å². The average molecular weight is 288 g/mol. The van der Waals surface area contributed by atoms with Crippen LogP contribution in [0.2, 0.25) is 0 Å². The van der Waals surface area contributed by atoms with Crippen molar-refractivity contribution < 1.29 is 9.32 Å². The molecule has 0 aromatic carbocycles. The molecular weight excluding hydrogens is 268 g/mol. The summed E-state index contributed by atoms with van der Waals surface area (Å²) in [6.45, 7) is 7.03. The van der Waals surface area contributed by atoms with Crippen LogP contribution in [0.1, 0.15) is 45.7 Å². The van der Waals surface area contributed by atoms with E-state index in [9.17, 15) is 4.79 Å². The molecule has 0 saturated carbocycles. The van der Waals surface area contributed by atoms with Gasteiger partial charge >= 0.3 is 0 Å². The average Bonchev–Trinajstić information content (AvgIpc) is 3.10. The summed E-state index contributed by atoms with van der Waals surface area (Å²) in [5, 5.41) is 3.86. The lowest BCUT2D eigenvalue weighted by molar-refractivity contribution is 0.0788. The molecule has 0 radical (unpaired) electrons. The Bertz CT molecular complexity index is 666. The summed E-state index contributed by atoms with van der Waals surface area (Å²) in [7, 11) is 2.01. The van der Waals surface area contributed by atoms with E-state index in [1.165, 1.54) is 0 Å². The molecule has 1 aliphatic heterocycles. The van der Waals surface area contributed by atoms with Gasteiger partial charge in [-0.2, -0.15) is 0 Å². The van der Waals surface area contributed by atoms with E-state index in [2.05, 4.69) is 14.7 Å². The fourth-order valence-electron chi connectivity index (χ4n) is 3.12. The third kappa shape index (κ3) is 2.34. The Morgan fingerprint density at radius 3 is 2.71 bits per heavy atom. The monoisotopic (exact) mass is 288 g/mol. The van der Waals surface area contributed by atoms with Crippen molar-refractivity contribution in [1.82, 2.24) is 19.6 Å².